The molecule has 0 spiro atoms. The lowest BCUT2D eigenvalue weighted by Gasteiger charge is -2.18. The molecule has 0 amide bonds. The third-order valence-corrected chi connectivity index (χ3v) is 2.43. The summed E-state index contributed by atoms with van der Waals surface area (Å²) in [6.45, 7) is 12.4. The number of hydrogen-bond donors (Lipinski definition) is 0. The summed E-state index contributed by atoms with van der Waals surface area (Å²) in [4.78, 5) is 4.12. The minimum atomic E-state index is 0.246. The normalized spacial score (nSPS) is 12.6. The highest BCUT2D eigenvalue weighted by Crippen LogP contribution is 2.26. The van der Waals surface area contributed by atoms with Crippen molar-refractivity contribution in [2.45, 2.75) is 34.1 Å². The first-order valence-corrected chi connectivity index (χ1v) is 5.65. The van der Waals surface area contributed by atoms with Crippen LogP contribution in [0.15, 0.2) is 35.0 Å². The molecule has 86 valence electrons. The van der Waals surface area contributed by atoms with Gasteiger partial charge in [0.2, 0.25) is 0 Å². The summed E-state index contributed by atoms with van der Waals surface area (Å²) in [7, 11) is 0. The van der Waals surface area contributed by atoms with Crippen LogP contribution in [-0.4, -0.2) is 6.72 Å². The molecule has 0 aliphatic rings. The first-order chi connectivity index (χ1) is 7.42. The second-order valence-electron chi connectivity index (χ2n) is 5.39. The van der Waals surface area contributed by atoms with Crippen LogP contribution in [0.25, 0.3) is 6.08 Å². The van der Waals surface area contributed by atoms with Crippen LogP contribution in [0.5, 0.6) is 0 Å². The Morgan fingerprint density at radius 3 is 2.44 bits per heavy atom. The number of aliphatic imine (C=N–C) groups is 1. The topological polar surface area (TPSA) is 12.4 Å². The van der Waals surface area contributed by atoms with E-state index in [9.17, 15) is 0 Å². The molecule has 1 aromatic carbocycles. The lowest BCUT2D eigenvalue weighted by Crippen LogP contribution is -2.05. The van der Waals surface area contributed by atoms with Crippen LogP contribution in [0.1, 0.15) is 38.3 Å². The number of allylic oxidation sites excluding steroid dienone is 1. The van der Waals surface area contributed by atoms with E-state index in [4.69, 9.17) is 0 Å². The Kier molecular flexibility index (Phi) is 4.05. The fraction of sp³-hybridized carbons (Fsp3) is 0.400. The summed E-state index contributed by atoms with van der Waals surface area (Å²) in [6, 6.07) is 8.33. The maximum atomic E-state index is 4.12. The van der Waals surface area contributed by atoms with Crippen LogP contribution in [0, 0.1) is 12.3 Å². The van der Waals surface area contributed by atoms with Crippen LogP contribution in [0.4, 0.5) is 0 Å². The monoisotopic (exact) mass is 215 g/mol. The maximum absolute atomic E-state index is 4.12. The molecule has 1 heteroatoms. The number of nitrogens with zero attached hydrogens (tertiary/aromatic N) is 1. The predicted octanol–water partition coefficient (Wildman–Crippen LogP) is 4.47. The van der Waals surface area contributed by atoms with Gasteiger partial charge in [0.25, 0.3) is 0 Å². The summed E-state index contributed by atoms with van der Waals surface area (Å²) >= 11 is 0. The molecule has 0 bridgehead atoms. The average molecular weight is 215 g/mol. The van der Waals surface area contributed by atoms with E-state index >= 15 is 0 Å². The fourth-order valence-corrected chi connectivity index (χ4v) is 1.62. The lowest BCUT2D eigenvalue weighted by molar-refractivity contribution is 0.409. The zero-order valence-corrected chi connectivity index (χ0v) is 10.7. The molecule has 16 heavy (non-hydrogen) atoms. The second kappa shape index (κ2) is 5.11. The van der Waals surface area contributed by atoms with Crippen molar-refractivity contribution in [2.75, 3.05) is 0 Å². The number of aryl methyl sites for hydroxylation is 1. The van der Waals surface area contributed by atoms with Gasteiger partial charge in [0, 0.05) is 5.70 Å². The van der Waals surface area contributed by atoms with Crippen LogP contribution in [-0.2, 0) is 0 Å². The van der Waals surface area contributed by atoms with Gasteiger partial charge in [0.05, 0.1) is 0 Å². The summed E-state index contributed by atoms with van der Waals surface area (Å²) in [5, 5.41) is 0. The summed E-state index contributed by atoms with van der Waals surface area (Å²) < 4.78 is 0. The van der Waals surface area contributed by atoms with E-state index in [1.54, 1.807) is 0 Å². The van der Waals surface area contributed by atoms with Crippen molar-refractivity contribution in [3.05, 3.63) is 41.1 Å². The van der Waals surface area contributed by atoms with Crippen molar-refractivity contribution < 1.29 is 0 Å². The molecule has 0 aromatic heterocycles. The van der Waals surface area contributed by atoms with Crippen molar-refractivity contribution in [3.8, 4) is 0 Å². The molecule has 0 atom stereocenters. The Labute approximate surface area is 98.9 Å². The number of hydrogen-bond acceptors (Lipinski definition) is 1. The minimum absolute atomic E-state index is 0.246. The quantitative estimate of drug-likeness (QED) is 0.659. The van der Waals surface area contributed by atoms with Gasteiger partial charge in [-0.1, -0.05) is 45.0 Å². The molecule has 0 N–H and O–H groups in total. The third-order valence-electron chi connectivity index (χ3n) is 2.43. The zero-order chi connectivity index (χ0) is 12.2. The maximum Gasteiger partial charge on any atom is 0.0407 e. The van der Waals surface area contributed by atoms with Crippen LogP contribution in [0.3, 0.4) is 0 Å². The van der Waals surface area contributed by atoms with Gasteiger partial charge in [-0.15, -0.1) is 0 Å². The van der Waals surface area contributed by atoms with Gasteiger partial charge in [-0.05, 0) is 42.7 Å². The van der Waals surface area contributed by atoms with E-state index in [0.29, 0.717) is 0 Å². The molecule has 0 radical (unpaired) electrons. The zero-order valence-electron chi connectivity index (χ0n) is 10.7. The van der Waals surface area contributed by atoms with Crippen LogP contribution >= 0.6 is 0 Å². The number of benzene rings is 1. The van der Waals surface area contributed by atoms with E-state index in [1.165, 1.54) is 11.1 Å². The minimum Gasteiger partial charge on any atom is -0.269 e. The van der Waals surface area contributed by atoms with Gasteiger partial charge >= 0.3 is 0 Å². The molecule has 1 nitrogen and oxygen atoms in total. The Balaban J connectivity index is 2.97. The summed E-state index contributed by atoms with van der Waals surface area (Å²) in [5.74, 6) is 0. The summed E-state index contributed by atoms with van der Waals surface area (Å²) in [6.07, 6.45) is 3.08. The summed E-state index contributed by atoms with van der Waals surface area (Å²) in [5.41, 5.74) is 3.81. The van der Waals surface area contributed by atoms with Crippen molar-refractivity contribution >= 4 is 12.8 Å². The molecule has 0 saturated carbocycles. The molecule has 0 unspecified atom stereocenters. The molecule has 1 aromatic rings. The molecule has 0 saturated heterocycles. The first-order valence-electron chi connectivity index (χ1n) is 5.65. The largest absolute Gasteiger partial charge is 0.269 e. The van der Waals surface area contributed by atoms with Crippen molar-refractivity contribution in [2.24, 2.45) is 10.4 Å². The van der Waals surface area contributed by atoms with E-state index in [2.05, 4.69) is 69.7 Å². The van der Waals surface area contributed by atoms with E-state index in [0.717, 1.165) is 12.1 Å². The predicted molar refractivity (Wildman–Crippen MR) is 72.8 cm³/mol. The molecular weight excluding hydrogens is 194 g/mol. The lowest BCUT2D eigenvalue weighted by atomic mass is 9.90. The number of rotatable bonds is 3. The Hall–Kier alpha value is -1.37. The average Bonchev–Trinajstić information content (AvgIpc) is 2.18. The van der Waals surface area contributed by atoms with Gasteiger partial charge in [-0.2, -0.15) is 0 Å². The highest BCUT2D eigenvalue weighted by Gasteiger charge is 2.12. The van der Waals surface area contributed by atoms with Crippen molar-refractivity contribution in [1.29, 1.82) is 0 Å². The van der Waals surface area contributed by atoms with Gasteiger partial charge in [-0.3, -0.25) is 4.99 Å². The molecule has 0 fully saturated rings. The van der Waals surface area contributed by atoms with Gasteiger partial charge in [0.15, 0.2) is 0 Å². The molecule has 0 heterocycles. The SMILES string of the molecule is C=N/C(=C\c1ccccc1C)CC(C)(C)C. The van der Waals surface area contributed by atoms with Gasteiger partial charge in [0.1, 0.15) is 0 Å². The highest BCUT2D eigenvalue weighted by atomic mass is 14.7. The van der Waals surface area contributed by atoms with Gasteiger partial charge in [-0.25, -0.2) is 0 Å². The van der Waals surface area contributed by atoms with Crippen LogP contribution in [0.2, 0.25) is 0 Å². The van der Waals surface area contributed by atoms with Crippen molar-refractivity contribution in [1.82, 2.24) is 0 Å². The second-order valence-corrected chi connectivity index (χ2v) is 5.39. The molecule has 1 rings (SSSR count). The fourth-order valence-electron chi connectivity index (χ4n) is 1.62. The van der Waals surface area contributed by atoms with E-state index in [1.807, 2.05) is 0 Å². The molecular formula is C15H21N. The Morgan fingerprint density at radius 2 is 1.94 bits per heavy atom. The van der Waals surface area contributed by atoms with E-state index < -0.39 is 0 Å². The van der Waals surface area contributed by atoms with Gasteiger partial charge < -0.3 is 0 Å². The smallest absolute Gasteiger partial charge is 0.0407 e. The molecule has 0 aliphatic heterocycles. The Morgan fingerprint density at radius 1 is 1.31 bits per heavy atom. The molecule has 0 aliphatic carbocycles. The van der Waals surface area contributed by atoms with Crippen molar-refractivity contribution in [3.63, 3.8) is 0 Å². The standard InChI is InChI=1S/C15H21N/c1-12-8-6-7-9-13(12)10-14(16-5)11-15(2,3)4/h6-10H,5,11H2,1-4H3/b14-10-. The third kappa shape index (κ3) is 4.01. The highest BCUT2D eigenvalue weighted by molar-refractivity contribution is 5.57. The van der Waals surface area contributed by atoms with Crippen LogP contribution < -0.4 is 0 Å². The van der Waals surface area contributed by atoms with E-state index in [-0.39, 0.29) is 5.41 Å². The Bertz CT molecular complexity index is 394. The first kappa shape index (κ1) is 12.7.